The predicted octanol–water partition coefficient (Wildman–Crippen LogP) is 0.957. The van der Waals surface area contributed by atoms with E-state index in [0.717, 1.165) is 18.1 Å². The van der Waals surface area contributed by atoms with Gasteiger partial charge in [-0.1, -0.05) is 19.4 Å². The molecule has 1 aromatic rings. The minimum absolute atomic E-state index is 0.0247. The molecule has 0 saturated carbocycles. The normalized spacial score (nSPS) is 15.8. The fourth-order valence-electron chi connectivity index (χ4n) is 2.65. The number of unbranched alkanes of at least 4 members (excludes halogenated alkanes) is 1. The van der Waals surface area contributed by atoms with E-state index < -0.39 is 0 Å². The van der Waals surface area contributed by atoms with Crippen LogP contribution in [0.3, 0.4) is 0 Å². The molecule has 1 aliphatic rings. The Bertz CT molecular complexity index is 727. The largest absolute Gasteiger partial charge is 0.496 e. The van der Waals surface area contributed by atoms with Crippen LogP contribution < -0.4 is 25.4 Å². The third-order valence-electron chi connectivity index (χ3n) is 4.02. The molecule has 0 radical (unpaired) electrons. The first-order chi connectivity index (χ1) is 11.6. The molecule has 2 amide bonds. The Balaban J connectivity index is 2.14. The van der Waals surface area contributed by atoms with Crippen LogP contribution in [0.5, 0.6) is 11.5 Å². The van der Waals surface area contributed by atoms with Crippen molar-refractivity contribution < 1.29 is 19.1 Å². The van der Waals surface area contributed by atoms with Crippen LogP contribution in [0.4, 0.5) is 0 Å². The number of hydrogen-bond donors (Lipinski definition) is 1. The Morgan fingerprint density at radius 2 is 1.96 bits per heavy atom. The molecule has 0 spiro atoms. The smallest absolute Gasteiger partial charge is 0.253 e. The highest BCUT2D eigenvalue weighted by Gasteiger charge is 2.21. The van der Waals surface area contributed by atoms with Gasteiger partial charge in [0.2, 0.25) is 5.91 Å². The van der Waals surface area contributed by atoms with Crippen molar-refractivity contribution in [2.45, 2.75) is 32.6 Å². The average Bonchev–Trinajstić information content (AvgIpc) is 2.59. The molecule has 24 heavy (non-hydrogen) atoms. The number of amides is 2. The summed E-state index contributed by atoms with van der Waals surface area (Å²) in [7, 11) is 3.12. The van der Waals surface area contributed by atoms with Crippen LogP contribution in [-0.4, -0.2) is 32.6 Å². The van der Waals surface area contributed by atoms with Crippen molar-refractivity contribution in [1.82, 2.24) is 5.32 Å². The Morgan fingerprint density at radius 3 is 2.62 bits per heavy atom. The summed E-state index contributed by atoms with van der Waals surface area (Å²) in [5, 5.41) is 4.12. The van der Waals surface area contributed by atoms with Gasteiger partial charge in [-0.25, -0.2) is 4.99 Å². The van der Waals surface area contributed by atoms with Crippen LogP contribution in [0.15, 0.2) is 17.1 Å². The van der Waals surface area contributed by atoms with Gasteiger partial charge in [0.05, 0.1) is 20.1 Å². The highest BCUT2D eigenvalue weighted by Crippen LogP contribution is 2.14. The molecule has 1 unspecified atom stereocenters. The molecule has 0 fully saturated rings. The second kappa shape index (κ2) is 8.47. The van der Waals surface area contributed by atoms with E-state index >= 15 is 0 Å². The first kappa shape index (κ1) is 18.0. The van der Waals surface area contributed by atoms with Crippen molar-refractivity contribution in [3.05, 3.63) is 22.7 Å². The van der Waals surface area contributed by atoms with Gasteiger partial charge in [-0.3, -0.25) is 9.59 Å². The third-order valence-corrected chi connectivity index (χ3v) is 4.02. The van der Waals surface area contributed by atoms with Gasteiger partial charge in [0, 0.05) is 18.2 Å². The second-order valence-corrected chi connectivity index (χ2v) is 5.70. The first-order valence-electron chi connectivity index (χ1n) is 8.22. The maximum atomic E-state index is 12.3. The lowest BCUT2D eigenvalue weighted by atomic mass is 9.99. The molecule has 1 N–H and O–H groups in total. The minimum atomic E-state index is -0.370. The number of nitrogens with zero attached hydrogens (tertiary/aromatic N) is 1. The van der Waals surface area contributed by atoms with Gasteiger partial charge in [0.25, 0.3) is 5.91 Å². The molecule has 0 bridgehead atoms. The number of methoxy groups -OCH3 is 2. The van der Waals surface area contributed by atoms with E-state index in [-0.39, 0.29) is 17.7 Å². The minimum Gasteiger partial charge on any atom is -0.496 e. The lowest BCUT2D eigenvalue weighted by Gasteiger charge is -2.15. The van der Waals surface area contributed by atoms with Crippen molar-refractivity contribution in [1.29, 1.82) is 0 Å². The van der Waals surface area contributed by atoms with Gasteiger partial charge in [-0.05, 0) is 25.0 Å². The zero-order chi connectivity index (χ0) is 17.5. The zero-order valence-electron chi connectivity index (χ0n) is 14.4. The summed E-state index contributed by atoms with van der Waals surface area (Å²) in [4.78, 5) is 28.1. The van der Waals surface area contributed by atoms with Gasteiger partial charge in [-0.2, -0.15) is 0 Å². The predicted molar refractivity (Wildman–Crippen MR) is 90.4 cm³/mol. The lowest BCUT2D eigenvalue weighted by Crippen LogP contribution is -2.37. The van der Waals surface area contributed by atoms with Crippen molar-refractivity contribution in [2.75, 3.05) is 20.8 Å². The third kappa shape index (κ3) is 4.13. The maximum absolute atomic E-state index is 12.3. The van der Waals surface area contributed by atoms with E-state index in [9.17, 15) is 9.59 Å². The topological polar surface area (TPSA) is 77.0 Å². The van der Waals surface area contributed by atoms with Crippen LogP contribution in [0.25, 0.3) is 6.08 Å². The van der Waals surface area contributed by atoms with E-state index in [1.165, 1.54) is 0 Å². The van der Waals surface area contributed by atoms with Crippen LogP contribution in [-0.2, 0) is 9.59 Å². The molecule has 1 atom stereocenters. The van der Waals surface area contributed by atoms with E-state index in [0.29, 0.717) is 36.2 Å². The summed E-state index contributed by atoms with van der Waals surface area (Å²) in [6.07, 6.45) is 4.75. The molecule has 0 saturated heterocycles. The van der Waals surface area contributed by atoms with Crippen LogP contribution in [0.1, 0.15) is 32.6 Å². The number of carbonyl (C=O) groups is 2. The van der Waals surface area contributed by atoms with Gasteiger partial charge < -0.3 is 14.8 Å². The second-order valence-electron chi connectivity index (χ2n) is 5.70. The molecular weight excluding hydrogens is 308 g/mol. The molecule has 0 aliphatic carbocycles. The number of nitrogens with one attached hydrogen (secondary N) is 1. The van der Waals surface area contributed by atoms with E-state index in [2.05, 4.69) is 10.3 Å². The van der Waals surface area contributed by atoms with Crippen molar-refractivity contribution in [2.24, 2.45) is 10.9 Å². The number of hydrogen-bond acceptors (Lipinski definition) is 4. The fourth-order valence-corrected chi connectivity index (χ4v) is 2.65. The van der Waals surface area contributed by atoms with Gasteiger partial charge in [0.1, 0.15) is 16.9 Å². The SMILES string of the molecule is CCCCC(=O)NCCC1C=c2c(OC)ccc(OC)c2=NC1=O. The number of carbonyl (C=O) groups excluding carboxylic acids is 2. The molecule has 6 nitrogen and oxygen atoms in total. The van der Waals surface area contributed by atoms with Crippen molar-refractivity contribution in [3.63, 3.8) is 0 Å². The van der Waals surface area contributed by atoms with Gasteiger partial charge in [0.15, 0.2) is 0 Å². The van der Waals surface area contributed by atoms with Crippen molar-refractivity contribution in [3.8, 4) is 11.5 Å². The zero-order valence-corrected chi connectivity index (χ0v) is 14.4. The molecule has 130 valence electrons. The van der Waals surface area contributed by atoms with E-state index in [1.54, 1.807) is 26.4 Å². The van der Waals surface area contributed by atoms with Gasteiger partial charge >= 0.3 is 0 Å². The highest BCUT2D eigenvalue weighted by atomic mass is 16.5. The molecule has 2 rings (SSSR count). The molecular formula is C18H24N2O4. The molecule has 1 aliphatic heterocycles. The Labute approximate surface area is 141 Å². The Morgan fingerprint density at radius 1 is 1.25 bits per heavy atom. The molecule has 0 aromatic heterocycles. The number of rotatable bonds is 8. The van der Waals surface area contributed by atoms with Crippen molar-refractivity contribution >= 4 is 17.9 Å². The molecule has 6 heteroatoms. The lowest BCUT2D eigenvalue weighted by molar-refractivity contribution is -0.122. The van der Waals surface area contributed by atoms with Crippen LogP contribution in [0.2, 0.25) is 0 Å². The van der Waals surface area contributed by atoms with Crippen LogP contribution >= 0.6 is 0 Å². The monoisotopic (exact) mass is 332 g/mol. The summed E-state index contributed by atoms with van der Waals surface area (Å²) in [6.45, 7) is 2.50. The van der Waals surface area contributed by atoms with E-state index in [4.69, 9.17) is 9.47 Å². The summed E-state index contributed by atoms with van der Waals surface area (Å²) < 4.78 is 10.6. The summed E-state index contributed by atoms with van der Waals surface area (Å²) in [6, 6.07) is 3.53. The standard InChI is InChI=1S/C18H24N2O4/c1-4-5-6-16(21)19-10-9-12-11-13-14(23-2)7-8-15(24-3)17(13)20-18(12)22/h7-8,11-12H,4-6,9-10H2,1-3H3,(H,19,21). The Kier molecular flexibility index (Phi) is 6.35. The van der Waals surface area contributed by atoms with E-state index in [1.807, 2.05) is 13.0 Å². The van der Waals surface area contributed by atoms with Crippen LogP contribution in [0, 0.1) is 5.92 Å². The first-order valence-corrected chi connectivity index (χ1v) is 8.22. The number of ether oxygens (including phenoxy) is 2. The summed E-state index contributed by atoms with van der Waals surface area (Å²) >= 11 is 0. The quantitative estimate of drug-likeness (QED) is 0.769. The number of benzene rings is 1. The maximum Gasteiger partial charge on any atom is 0.253 e. The molecule has 1 aromatic carbocycles. The summed E-state index contributed by atoms with van der Waals surface area (Å²) in [5.74, 6) is 0.624. The Hall–Kier alpha value is -2.37. The fraction of sp³-hybridized carbons (Fsp3) is 0.500. The average molecular weight is 332 g/mol. The highest BCUT2D eigenvalue weighted by molar-refractivity contribution is 5.86. The molecule has 1 heterocycles. The van der Waals surface area contributed by atoms with Gasteiger partial charge in [-0.15, -0.1) is 0 Å². The number of fused-ring (bicyclic) bond motifs is 1. The summed E-state index contributed by atoms with van der Waals surface area (Å²) in [5.41, 5.74) is 0.